The lowest BCUT2D eigenvalue weighted by Gasteiger charge is -2.24. The molecular formula is C25H27N5O3. The highest BCUT2D eigenvalue weighted by Crippen LogP contribution is 2.23. The van der Waals surface area contributed by atoms with Crippen LogP contribution in [-0.2, 0) is 4.74 Å². The fourth-order valence-corrected chi connectivity index (χ4v) is 4.00. The van der Waals surface area contributed by atoms with Crippen molar-refractivity contribution in [2.75, 3.05) is 13.1 Å². The molecule has 4 rings (SSSR count). The number of aryl methyl sites for hydroxylation is 1. The molecule has 3 aromatic rings. The standard InChI is InChI=1S/C25H27N5O3/c1-16-27-21-13-17(14-26)5-10-22(21)30(16)20-8-6-18(7-9-20)23(31)28-19-11-12-29(15-19)24(32)33-25(2,3)4/h5-10,13,19H,11-12,15H2,1-4H3,(H,28,31). The maximum Gasteiger partial charge on any atom is 0.410 e. The minimum Gasteiger partial charge on any atom is -0.444 e. The number of amides is 2. The lowest BCUT2D eigenvalue weighted by atomic mass is 10.1. The first-order valence-electron chi connectivity index (χ1n) is 10.9. The molecule has 0 aliphatic carbocycles. The van der Waals surface area contributed by atoms with Crippen LogP contribution in [0.25, 0.3) is 16.7 Å². The summed E-state index contributed by atoms with van der Waals surface area (Å²) >= 11 is 0. The van der Waals surface area contributed by atoms with E-state index in [0.717, 1.165) is 22.5 Å². The van der Waals surface area contributed by atoms with Gasteiger partial charge in [-0.1, -0.05) is 0 Å². The van der Waals surface area contributed by atoms with E-state index in [1.54, 1.807) is 29.2 Å². The summed E-state index contributed by atoms with van der Waals surface area (Å²) in [5.74, 6) is 0.619. The van der Waals surface area contributed by atoms with Crippen LogP contribution >= 0.6 is 0 Å². The fraction of sp³-hybridized carbons (Fsp3) is 0.360. The molecule has 0 radical (unpaired) electrons. The second-order valence-corrected chi connectivity index (χ2v) is 9.24. The van der Waals surface area contributed by atoms with Gasteiger partial charge in [0.25, 0.3) is 5.91 Å². The Bertz CT molecular complexity index is 1250. The first-order chi connectivity index (χ1) is 15.6. The summed E-state index contributed by atoms with van der Waals surface area (Å²) in [6, 6.07) is 14.7. The number of ether oxygens (including phenoxy) is 1. The third kappa shape index (κ3) is 4.82. The Hall–Kier alpha value is -3.86. The molecule has 0 saturated carbocycles. The number of carbonyl (C=O) groups is 2. The number of hydrogen-bond donors (Lipinski definition) is 1. The van der Waals surface area contributed by atoms with Crippen molar-refractivity contribution in [2.24, 2.45) is 0 Å². The molecule has 1 aromatic heterocycles. The van der Waals surface area contributed by atoms with E-state index in [-0.39, 0.29) is 18.0 Å². The van der Waals surface area contributed by atoms with Gasteiger partial charge in [-0.2, -0.15) is 5.26 Å². The summed E-state index contributed by atoms with van der Waals surface area (Å²) in [6.07, 6.45) is 0.335. The number of benzene rings is 2. The number of nitrogens with one attached hydrogen (secondary N) is 1. The van der Waals surface area contributed by atoms with Crippen LogP contribution in [0.15, 0.2) is 42.5 Å². The largest absolute Gasteiger partial charge is 0.444 e. The van der Waals surface area contributed by atoms with E-state index in [0.29, 0.717) is 30.6 Å². The van der Waals surface area contributed by atoms with E-state index >= 15 is 0 Å². The topological polar surface area (TPSA) is 100 Å². The maximum absolute atomic E-state index is 12.8. The molecule has 1 N–H and O–H groups in total. The van der Waals surface area contributed by atoms with Gasteiger partial charge in [-0.25, -0.2) is 9.78 Å². The van der Waals surface area contributed by atoms with Gasteiger partial charge in [0, 0.05) is 30.4 Å². The van der Waals surface area contributed by atoms with Crippen molar-refractivity contribution in [3.05, 3.63) is 59.4 Å². The van der Waals surface area contributed by atoms with E-state index in [9.17, 15) is 9.59 Å². The van der Waals surface area contributed by atoms with Gasteiger partial charge in [0.1, 0.15) is 11.4 Å². The number of fused-ring (bicyclic) bond motifs is 1. The molecule has 0 spiro atoms. The number of imidazole rings is 1. The van der Waals surface area contributed by atoms with Gasteiger partial charge in [-0.3, -0.25) is 9.36 Å². The zero-order valence-electron chi connectivity index (χ0n) is 19.3. The summed E-state index contributed by atoms with van der Waals surface area (Å²) < 4.78 is 7.41. The SMILES string of the molecule is Cc1nc2cc(C#N)ccc2n1-c1ccc(C(=O)NC2CCN(C(=O)OC(C)(C)C)C2)cc1. The number of hydrogen-bond acceptors (Lipinski definition) is 5. The number of nitriles is 1. The average molecular weight is 446 g/mol. The number of rotatable bonds is 3. The van der Waals surface area contributed by atoms with Crippen LogP contribution in [-0.4, -0.2) is 51.2 Å². The van der Waals surface area contributed by atoms with Crippen molar-refractivity contribution >= 4 is 23.0 Å². The van der Waals surface area contributed by atoms with E-state index in [2.05, 4.69) is 16.4 Å². The lowest BCUT2D eigenvalue weighted by molar-refractivity contribution is 0.0290. The van der Waals surface area contributed by atoms with Gasteiger partial charge < -0.3 is 15.0 Å². The lowest BCUT2D eigenvalue weighted by Crippen LogP contribution is -2.40. The molecule has 2 aromatic carbocycles. The van der Waals surface area contributed by atoms with Crippen LogP contribution < -0.4 is 5.32 Å². The third-order valence-corrected chi connectivity index (χ3v) is 5.51. The molecule has 8 nitrogen and oxygen atoms in total. The van der Waals surface area contributed by atoms with Crippen molar-refractivity contribution < 1.29 is 14.3 Å². The monoisotopic (exact) mass is 445 g/mol. The Labute approximate surface area is 192 Å². The van der Waals surface area contributed by atoms with Gasteiger partial charge in [-0.15, -0.1) is 0 Å². The van der Waals surface area contributed by atoms with Crippen molar-refractivity contribution in [1.29, 1.82) is 5.26 Å². The fourth-order valence-electron chi connectivity index (χ4n) is 4.00. The normalized spacial score (nSPS) is 16.0. The van der Waals surface area contributed by atoms with Crippen LogP contribution in [0.5, 0.6) is 0 Å². The molecule has 1 saturated heterocycles. The van der Waals surface area contributed by atoms with Crippen molar-refractivity contribution in [3.63, 3.8) is 0 Å². The molecule has 33 heavy (non-hydrogen) atoms. The van der Waals surface area contributed by atoms with Crippen molar-refractivity contribution in [1.82, 2.24) is 19.8 Å². The van der Waals surface area contributed by atoms with Gasteiger partial charge in [0.15, 0.2) is 0 Å². The number of nitrogens with zero attached hydrogens (tertiary/aromatic N) is 4. The Morgan fingerprint density at radius 3 is 2.58 bits per heavy atom. The minimum atomic E-state index is -0.545. The first-order valence-corrected chi connectivity index (χ1v) is 10.9. The highest BCUT2D eigenvalue weighted by molar-refractivity contribution is 5.94. The molecule has 1 fully saturated rings. The molecular weight excluding hydrogens is 418 g/mol. The van der Waals surface area contributed by atoms with Crippen LogP contribution in [0.1, 0.15) is 48.9 Å². The molecule has 2 amide bonds. The highest BCUT2D eigenvalue weighted by atomic mass is 16.6. The average Bonchev–Trinajstić information content (AvgIpc) is 3.35. The zero-order valence-corrected chi connectivity index (χ0v) is 19.3. The number of aromatic nitrogens is 2. The molecule has 8 heteroatoms. The second-order valence-electron chi connectivity index (χ2n) is 9.24. The Kier molecular flexibility index (Phi) is 5.81. The van der Waals surface area contributed by atoms with Crippen LogP contribution in [0, 0.1) is 18.3 Å². The summed E-state index contributed by atoms with van der Waals surface area (Å²) in [6.45, 7) is 8.40. The molecule has 0 bridgehead atoms. The van der Waals surface area contributed by atoms with Gasteiger partial charge >= 0.3 is 6.09 Å². The van der Waals surface area contributed by atoms with E-state index < -0.39 is 5.60 Å². The van der Waals surface area contributed by atoms with Crippen molar-refractivity contribution in [2.45, 2.75) is 45.8 Å². The highest BCUT2D eigenvalue weighted by Gasteiger charge is 2.30. The Morgan fingerprint density at radius 1 is 1.18 bits per heavy atom. The van der Waals surface area contributed by atoms with E-state index in [1.165, 1.54) is 0 Å². The van der Waals surface area contributed by atoms with Crippen LogP contribution in [0.4, 0.5) is 4.79 Å². The third-order valence-electron chi connectivity index (χ3n) is 5.51. The minimum absolute atomic E-state index is 0.112. The molecule has 2 heterocycles. The van der Waals surface area contributed by atoms with Crippen molar-refractivity contribution in [3.8, 4) is 11.8 Å². The van der Waals surface area contributed by atoms with Gasteiger partial charge in [0.2, 0.25) is 0 Å². The summed E-state index contributed by atoms with van der Waals surface area (Å²) in [4.78, 5) is 31.2. The number of carbonyl (C=O) groups excluding carboxylic acids is 2. The van der Waals surface area contributed by atoms with E-state index in [1.807, 2.05) is 50.5 Å². The quantitative estimate of drug-likeness (QED) is 0.658. The Morgan fingerprint density at radius 2 is 1.91 bits per heavy atom. The molecule has 1 atom stereocenters. The first kappa shape index (κ1) is 22.3. The summed E-state index contributed by atoms with van der Waals surface area (Å²) in [5, 5.41) is 12.1. The summed E-state index contributed by atoms with van der Waals surface area (Å²) in [5.41, 5.74) is 3.10. The van der Waals surface area contributed by atoms with Crippen LogP contribution in [0.3, 0.4) is 0 Å². The molecule has 1 unspecified atom stereocenters. The Balaban J connectivity index is 1.44. The molecule has 1 aliphatic rings. The maximum atomic E-state index is 12.8. The van der Waals surface area contributed by atoms with Crippen LogP contribution in [0.2, 0.25) is 0 Å². The molecule has 170 valence electrons. The van der Waals surface area contributed by atoms with Gasteiger partial charge in [0.05, 0.1) is 22.7 Å². The zero-order chi connectivity index (χ0) is 23.8. The van der Waals surface area contributed by atoms with Gasteiger partial charge in [-0.05, 0) is 76.6 Å². The van der Waals surface area contributed by atoms with E-state index in [4.69, 9.17) is 10.00 Å². The second kappa shape index (κ2) is 8.58. The smallest absolute Gasteiger partial charge is 0.410 e. The summed E-state index contributed by atoms with van der Waals surface area (Å²) in [7, 11) is 0. The molecule has 1 aliphatic heterocycles. The number of likely N-dealkylation sites (tertiary alicyclic amines) is 1. The predicted molar refractivity (Wildman–Crippen MR) is 124 cm³/mol. The predicted octanol–water partition coefficient (Wildman–Crippen LogP) is 3.94.